The molecule has 200 valence electrons. The molecule has 10 nitrogen and oxygen atoms in total. The number of hydrogen-bond donors (Lipinski definition) is 1. The molecule has 1 unspecified atom stereocenters. The number of carbonyl (C=O) groups is 1. The number of nitrogens with zero attached hydrogens (tertiary/aromatic N) is 6. The standard InChI is InChI=1S/C28H29N7O3S/c1-33-17-21(16-31-33)24-18-35(39(37,38)23-10-6-3-7-11-23)27-25(24)26(29-19-30-27)34-14-12-22(13-15-34)32-28(36)20-8-4-2-5-9-20/h2-11,16,18-19,21-22H,12-15,17H2,1H3,(H,32,36). The number of anilines is 1. The molecule has 39 heavy (non-hydrogen) atoms. The number of amides is 1. The van der Waals surface area contributed by atoms with Crippen molar-refractivity contribution in [2.45, 2.75) is 29.7 Å². The first-order chi connectivity index (χ1) is 18.9. The first kappa shape index (κ1) is 25.1. The van der Waals surface area contributed by atoms with Gasteiger partial charge >= 0.3 is 0 Å². The lowest BCUT2D eigenvalue weighted by molar-refractivity contribution is 0.0931. The Morgan fingerprint density at radius 3 is 2.33 bits per heavy atom. The zero-order chi connectivity index (χ0) is 27.0. The van der Waals surface area contributed by atoms with Crippen LogP contribution in [0.5, 0.6) is 0 Å². The van der Waals surface area contributed by atoms with E-state index in [4.69, 9.17) is 0 Å². The van der Waals surface area contributed by atoms with Gasteiger partial charge < -0.3 is 10.2 Å². The monoisotopic (exact) mass is 543 g/mol. The molecule has 2 aromatic heterocycles. The molecule has 0 bridgehead atoms. The zero-order valence-corrected chi connectivity index (χ0v) is 22.3. The number of likely N-dealkylation sites (N-methyl/N-ethyl adjacent to an activating group) is 1. The zero-order valence-electron chi connectivity index (χ0n) is 21.5. The molecule has 1 atom stereocenters. The minimum absolute atomic E-state index is 0.0458. The lowest BCUT2D eigenvalue weighted by Crippen LogP contribution is -2.45. The average Bonchev–Trinajstić information content (AvgIpc) is 3.58. The van der Waals surface area contributed by atoms with Crippen molar-refractivity contribution in [3.05, 3.63) is 84.3 Å². The van der Waals surface area contributed by atoms with Gasteiger partial charge in [0.05, 0.1) is 10.3 Å². The van der Waals surface area contributed by atoms with Gasteiger partial charge in [0.15, 0.2) is 5.65 Å². The quantitative estimate of drug-likeness (QED) is 0.398. The Morgan fingerprint density at radius 1 is 0.974 bits per heavy atom. The summed E-state index contributed by atoms with van der Waals surface area (Å²) in [7, 11) is -1.99. The van der Waals surface area contributed by atoms with Crippen molar-refractivity contribution in [1.29, 1.82) is 0 Å². The van der Waals surface area contributed by atoms with Crippen LogP contribution in [-0.4, -0.2) is 72.2 Å². The highest BCUT2D eigenvalue weighted by atomic mass is 32.2. The summed E-state index contributed by atoms with van der Waals surface area (Å²) in [5, 5.41) is 10.1. The van der Waals surface area contributed by atoms with E-state index in [1.807, 2.05) is 48.6 Å². The molecule has 1 N–H and O–H groups in total. The van der Waals surface area contributed by atoms with Crippen LogP contribution in [0.3, 0.4) is 0 Å². The fraction of sp³-hybridized carbons (Fsp3) is 0.286. The molecule has 1 amide bonds. The second kappa shape index (κ2) is 10.1. The number of aromatic nitrogens is 3. The maximum Gasteiger partial charge on any atom is 0.269 e. The molecule has 0 radical (unpaired) electrons. The lowest BCUT2D eigenvalue weighted by atomic mass is 10.00. The van der Waals surface area contributed by atoms with E-state index in [9.17, 15) is 13.2 Å². The van der Waals surface area contributed by atoms with Crippen LogP contribution in [-0.2, 0) is 10.0 Å². The van der Waals surface area contributed by atoms with Crippen LogP contribution in [0, 0.1) is 0 Å². The van der Waals surface area contributed by atoms with Crippen molar-refractivity contribution in [1.82, 2.24) is 24.3 Å². The molecule has 1 fully saturated rings. The molecule has 4 heterocycles. The topological polar surface area (TPSA) is 113 Å². The fourth-order valence-electron chi connectivity index (χ4n) is 5.30. The first-order valence-electron chi connectivity index (χ1n) is 12.9. The number of hydrogen-bond acceptors (Lipinski definition) is 8. The molecule has 0 aliphatic carbocycles. The summed E-state index contributed by atoms with van der Waals surface area (Å²) in [5.74, 6) is 0.526. The highest BCUT2D eigenvalue weighted by Crippen LogP contribution is 2.36. The van der Waals surface area contributed by atoms with Crippen LogP contribution in [0.1, 0.15) is 34.7 Å². The van der Waals surface area contributed by atoms with Gasteiger partial charge in [0.2, 0.25) is 0 Å². The van der Waals surface area contributed by atoms with E-state index < -0.39 is 10.0 Å². The van der Waals surface area contributed by atoms with Crippen LogP contribution in [0.25, 0.3) is 11.0 Å². The maximum absolute atomic E-state index is 13.7. The molecule has 1 saturated heterocycles. The summed E-state index contributed by atoms with van der Waals surface area (Å²) in [5.41, 5.74) is 1.82. The normalized spacial score (nSPS) is 18.1. The highest BCUT2D eigenvalue weighted by molar-refractivity contribution is 7.90. The molecule has 0 saturated carbocycles. The second-order valence-corrected chi connectivity index (χ2v) is 11.7. The largest absolute Gasteiger partial charge is 0.356 e. The van der Waals surface area contributed by atoms with E-state index >= 15 is 0 Å². The van der Waals surface area contributed by atoms with Gasteiger partial charge in [-0.2, -0.15) is 5.10 Å². The third-order valence-corrected chi connectivity index (χ3v) is 8.99. The van der Waals surface area contributed by atoms with E-state index in [2.05, 4.69) is 25.3 Å². The Balaban J connectivity index is 1.33. The van der Waals surface area contributed by atoms with Gasteiger partial charge in [-0.25, -0.2) is 22.4 Å². The summed E-state index contributed by atoms with van der Waals surface area (Å²) in [4.78, 5) is 24.1. The lowest BCUT2D eigenvalue weighted by Gasteiger charge is -2.33. The predicted molar refractivity (Wildman–Crippen MR) is 150 cm³/mol. The Kier molecular flexibility index (Phi) is 6.51. The number of carbonyl (C=O) groups excluding carboxylic acids is 1. The van der Waals surface area contributed by atoms with E-state index in [0.29, 0.717) is 36.7 Å². The van der Waals surface area contributed by atoms with Gasteiger partial charge in [0.1, 0.15) is 12.1 Å². The summed E-state index contributed by atoms with van der Waals surface area (Å²) in [6.07, 6.45) is 6.44. The van der Waals surface area contributed by atoms with Crippen LogP contribution in [0.4, 0.5) is 5.82 Å². The van der Waals surface area contributed by atoms with Gasteiger partial charge in [-0.3, -0.25) is 9.80 Å². The van der Waals surface area contributed by atoms with Crippen LogP contribution in [0.15, 0.2) is 83.2 Å². The van der Waals surface area contributed by atoms with Crippen LogP contribution < -0.4 is 10.2 Å². The van der Waals surface area contributed by atoms with Crippen molar-refractivity contribution >= 4 is 39.0 Å². The molecule has 2 aliphatic rings. The van der Waals surface area contributed by atoms with Crippen LogP contribution in [0.2, 0.25) is 0 Å². The third-order valence-electron chi connectivity index (χ3n) is 7.33. The first-order valence-corrected chi connectivity index (χ1v) is 14.4. The summed E-state index contributed by atoms with van der Waals surface area (Å²) in [6, 6.07) is 17.6. The molecule has 4 aromatic rings. The van der Waals surface area contributed by atoms with Crippen molar-refractivity contribution < 1.29 is 13.2 Å². The van der Waals surface area contributed by atoms with Gasteiger partial charge in [-0.15, -0.1) is 0 Å². The molecule has 2 aliphatic heterocycles. The highest BCUT2D eigenvalue weighted by Gasteiger charge is 2.31. The third kappa shape index (κ3) is 4.74. The summed E-state index contributed by atoms with van der Waals surface area (Å²) < 4.78 is 28.7. The van der Waals surface area contributed by atoms with Gasteiger partial charge in [-0.05, 0) is 42.7 Å². The van der Waals surface area contributed by atoms with Gasteiger partial charge in [0.25, 0.3) is 15.9 Å². The average molecular weight is 544 g/mol. The Morgan fingerprint density at radius 2 is 1.67 bits per heavy atom. The SMILES string of the molecule is CN1CC(c2cn(S(=O)(=O)c3ccccc3)c3ncnc(N4CCC(NC(=O)c5ccccc5)CC4)c23)C=N1. The van der Waals surface area contributed by atoms with Gasteiger partial charge in [0, 0.05) is 56.6 Å². The number of rotatable bonds is 6. The van der Waals surface area contributed by atoms with Crippen molar-refractivity contribution in [3.63, 3.8) is 0 Å². The number of benzene rings is 2. The minimum Gasteiger partial charge on any atom is -0.356 e. The van der Waals surface area contributed by atoms with E-state index in [-0.39, 0.29) is 22.8 Å². The number of nitrogens with one attached hydrogen (secondary N) is 1. The number of hydrazone groups is 1. The molecular weight excluding hydrogens is 514 g/mol. The van der Waals surface area contributed by atoms with E-state index in [1.165, 1.54) is 10.3 Å². The Labute approximate surface area is 227 Å². The van der Waals surface area contributed by atoms with Gasteiger partial charge in [-0.1, -0.05) is 36.4 Å². The van der Waals surface area contributed by atoms with Crippen molar-refractivity contribution in [2.24, 2.45) is 5.10 Å². The minimum atomic E-state index is -3.88. The molecule has 6 rings (SSSR count). The summed E-state index contributed by atoms with van der Waals surface area (Å²) in [6.45, 7) is 1.97. The Hall–Kier alpha value is -4.25. The summed E-state index contributed by atoms with van der Waals surface area (Å²) >= 11 is 0. The maximum atomic E-state index is 13.7. The fourth-order valence-corrected chi connectivity index (χ4v) is 6.65. The second-order valence-electron chi connectivity index (χ2n) is 9.91. The molecule has 0 spiro atoms. The molecule has 2 aromatic carbocycles. The smallest absolute Gasteiger partial charge is 0.269 e. The molecule has 11 heteroatoms. The van der Waals surface area contributed by atoms with Crippen molar-refractivity contribution in [2.75, 3.05) is 31.6 Å². The van der Waals surface area contributed by atoms with Crippen molar-refractivity contribution in [3.8, 4) is 0 Å². The predicted octanol–water partition coefficient (Wildman–Crippen LogP) is 3.08. The Bertz CT molecular complexity index is 1630. The van der Waals surface area contributed by atoms with E-state index in [0.717, 1.165) is 23.8 Å². The van der Waals surface area contributed by atoms with Crippen LogP contribution >= 0.6 is 0 Å². The van der Waals surface area contributed by atoms with E-state index in [1.54, 1.807) is 36.5 Å². The molecular formula is C28H29N7O3S. The number of piperidine rings is 1. The number of fused-ring (bicyclic) bond motifs is 1.